The summed E-state index contributed by atoms with van der Waals surface area (Å²) in [4.78, 5) is 13.0. The van der Waals surface area contributed by atoms with Crippen LogP contribution >= 0.6 is 0 Å². The summed E-state index contributed by atoms with van der Waals surface area (Å²) in [7, 11) is 2.16. The van der Waals surface area contributed by atoms with Crippen molar-refractivity contribution in [2.45, 2.75) is 44.7 Å². The fraction of sp³-hybridized carbons (Fsp3) is 0.909. The molecule has 1 aliphatic rings. The predicted molar refractivity (Wildman–Crippen MR) is 60.0 cm³/mol. The van der Waals surface area contributed by atoms with Gasteiger partial charge >= 0.3 is 5.97 Å². The maximum Gasteiger partial charge on any atom is 0.320 e. The highest BCUT2D eigenvalue weighted by Gasteiger charge is 2.18. The summed E-state index contributed by atoms with van der Waals surface area (Å²) in [6.45, 7) is 3.66. The van der Waals surface area contributed by atoms with Gasteiger partial charge in [-0.25, -0.2) is 0 Å². The van der Waals surface area contributed by atoms with E-state index >= 15 is 0 Å². The molecule has 0 amide bonds. The van der Waals surface area contributed by atoms with Crippen LogP contribution in [0.5, 0.6) is 0 Å². The van der Waals surface area contributed by atoms with Crippen LogP contribution in [0.3, 0.4) is 0 Å². The first kappa shape index (κ1) is 12.5. The third-order valence-corrected chi connectivity index (χ3v) is 3.22. The molecule has 0 aliphatic carbocycles. The first-order valence-electron chi connectivity index (χ1n) is 5.77. The van der Waals surface area contributed by atoms with Crippen molar-refractivity contribution in [1.29, 1.82) is 0 Å². The van der Waals surface area contributed by atoms with Crippen molar-refractivity contribution in [1.82, 2.24) is 10.2 Å². The summed E-state index contributed by atoms with van der Waals surface area (Å²) >= 11 is 0. The smallest absolute Gasteiger partial charge is 0.320 e. The number of hydrogen-bond donors (Lipinski definition) is 2. The van der Waals surface area contributed by atoms with Crippen LogP contribution in [-0.2, 0) is 4.79 Å². The lowest BCUT2D eigenvalue weighted by Gasteiger charge is -2.32. The minimum Gasteiger partial charge on any atom is -0.480 e. The Bertz CT molecular complexity index is 209. The molecule has 1 fully saturated rings. The molecule has 1 aliphatic heterocycles. The second kappa shape index (κ2) is 6.08. The van der Waals surface area contributed by atoms with Crippen LogP contribution in [0.2, 0.25) is 0 Å². The number of aliphatic carboxylic acids is 1. The monoisotopic (exact) mass is 214 g/mol. The Balaban J connectivity index is 2.16. The zero-order chi connectivity index (χ0) is 11.3. The number of likely N-dealkylation sites (tertiary alicyclic amines) is 1. The van der Waals surface area contributed by atoms with Gasteiger partial charge < -0.3 is 15.3 Å². The number of carbonyl (C=O) groups is 1. The Kier molecular flexibility index (Phi) is 5.05. The first-order valence-corrected chi connectivity index (χ1v) is 5.77. The van der Waals surface area contributed by atoms with Crippen LogP contribution in [0.25, 0.3) is 0 Å². The summed E-state index contributed by atoms with van der Waals surface area (Å²) < 4.78 is 0. The van der Waals surface area contributed by atoms with Crippen LogP contribution in [-0.4, -0.2) is 48.2 Å². The van der Waals surface area contributed by atoms with Crippen molar-refractivity contribution < 1.29 is 9.90 Å². The number of carboxylic acids is 1. The van der Waals surface area contributed by atoms with E-state index in [1.54, 1.807) is 6.92 Å². The van der Waals surface area contributed by atoms with Crippen molar-refractivity contribution in [3.05, 3.63) is 0 Å². The molecule has 0 bridgehead atoms. The third-order valence-electron chi connectivity index (χ3n) is 3.22. The van der Waals surface area contributed by atoms with Crippen LogP contribution in [0, 0.1) is 0 Å². The Morgan fingerprint density at radius 1 is 1.60 bits per heavy atom. The second-order valence-electron chi connectivity index (χ2n) is 4.43. The Morgan fingerprint density at radius 2 is 2.33 bits per heavy atom. The molecule has 2 unspecified atom stereocenters. The highest BCUT2D eigenvalue weighted by molar-refractivity contribution is 5.72. The molecule has 1 saturated heterocycles. The van der Waals surface area contributed by atoms with Crippen molar-refractivity contribution in [2.75, 3.05) is 20.1 Å². The van der Waals surface area contributed by atoms with Gasteiger partial charge in [-0.05, 0) is 46.3 Å². The van der Waals surface area contributed by atoms with E-state index < -0.39 is 12.0 Å². The van der Waals surface area contributed by atoms with Crippen molar-refractivity contribution in [3.63, 3.8) is 0 Å². The molecule has 1 heterocycles. The van der Waals surface area contributed by atoms with Gasteiger partial charge in [-0.3, -0.25) is 4.79 Å². The molecule has 1 rings (SSSR count). The van der Waals surface area contributed by atoms with E-state index in [2.05, 4.69) is 17.3 Å². The van der Waals surface area contributed by atoms with Gasteiger partial charge in [0.25, 0.3) is 0 Å². The molecular weight excluding hydrogens is 192 g/mol. The minimum absolute atomic E-state index is 0.432. The highest BCUT2D eigenvalue weighted by Crippen LogP contribution is 2.16. The number of nitrogens with zero attached hydrogens (tertiary/aromatic N) is 1. The molecule has 15 heavy (non-hydrogen) atoms. The van der Waals surface area contributed by atoms with Gasteiger partial charge in [0.15, 0.2) is 0 Å². The SMILES string of the molecule is CC(NCCC1CCCCN1C)C(=O)O. The van der Waals surface area contributed by atoms with Gasteiger partial charge in [0.2, 0.25) is 0 Å². The average Bonchev–Trinajstić information content (AvgIpc) is 2.20. The largest absolute Gasteiger partial charge is 0.480 e. The predicted octanol–water partition coefficient (Wildman–Crippen LogP) is 0.923. The molecule has 0 aromatic carbocycles. The van der Waals surface area contributed by atoms with Crippen LogP contribution in [0.15, 0.2) is 0 Å². The highest BCUT2D eigenvalue weighted by atomic mass is 16.4. The van der Waals surface area contributed by atoms with E-state index in [1.165, 1.54) is 25.8 Å². The fourth-order valence-corrected chi connectivity index (χ4v) is 2.06. The van der Waals surface area contributed by atoms with E-state index in [4.69, 9.17) is 5.11 Å². The topological polar surface area (TPSA) is 52.6 Å². The lowest BCUT2D eigenvalue weighted by atomic mass is 10.00. The molecular formula is C11H22N2O2. The maximum atomic E-state index is 10.6. The summed E-state index contributed by atoms with van der Waals surface area (Å²) in [5.41, 5.74) is 0. The first-order chi connectivity index (χ1) is 7.11. The van der Waals surface area contributed by atoms with Gasteiger partial charge in [0, 0.05) is 6.04 Å². The lowest BCUT2D eigenvalue weighted by Crippen LogP contribution is -2.40. The van der Waals surface area contributed by atoms with Crippen LogP contribution in [0.4, 0.5) is 0 Å². The molecule has 4 heteroatoms. The van der Waals surface area contributed by atoms with E-state index in [0.717, 1.165) is 13.0 Å². The Morgan fingerprint density at radius 3 is 2.93 bits per heavy atom. The van der Waals surface area contributed by atoms with Gasteiger partial charge in [-0.15, -0.1) is 0 Å². The maximum absolute atomic E-state index is 10.6. The standard InChI is InChI=1S/C11H22N2O2/c1-9(11(14)15)12-7-6-10-5-3-4-8-13(10)2/h9-10,12H,3-8H2,1-2H3,(H,14,15). The summed E-state index contributed by atoms with van der Waals surface area (Å²) in [5.74, 6) is -0.771. The van der Waals surface area contributed by atoms with Crippen molar-refractivity contribution in [2.24, 2.45) is 0 Å². The van der Waals surface area contributed by atoms with Gasteiger partial charge in [0.1, 0.15) is 6.04 Å². The lowest BCUT2D eigenvalue weighted by molar-refractivity contribution is -0.139. The fourth-order valence-electron chi connectivity index (χ4n) is 2.06. The molecule has 0 aromatic rings. The summed E-state index contributed by atoms with van der Waals surface area (Å²) in [6.07, 6.45) is 4.91. The number of hydrogen-bond acceptors (Lipinski definition) is 3. The van der Waals surface area contributed by atoms with E-state index in [9.17, 15) is 4.79 Å². The zero-order valence-corrected chi connectivity index (χ0v) is 9.70. The normalized spacial score (nSPS) is 25.1. The molecule has 2 N–H and O–H groups in total. The van der Waals surface area contributed by atoms with E-state index in [-0.39, 0.29) is 0 Å². The number of rotatable bonds is 5. The molecule has 0 aromatic heterocycles. The summed E-state index contributed by atoms with van der Waals surface area (Å²) in [6, 6.07) is 0.200. The second-order valence-corrected chi connectivity index (χ2v) is 4.43. The number of nitrogens with one attached hydrogen (secondary N) is 1. The molecule has 0 radical (unpaired) electrons. The summed E-state index contributed by atoms with van der Waals surface area (Å²) in [5, 5.41) is 11.7. The number of carboxylic acid groups (broad SMARTS) is 1. The van der Waals surface area contributed by atoms with E-state index in [1.807, 2.05) is 0 Å². The Labute approximate surface area is 91.6 Å². The number of piperidine rings is 1. The van der Waals surface area contributed by atoms with Crippen LogP contribution in [0.1, 0.15) is 32.6 Å². The van der Waals surface area contributed by atoms with Crippen molar-refractivity contribution >= 4 is 5.97 Å². The minimum atomic E-state index is -0.771. The third kappa shape index (κ3) is 4.18. The zero-order valence-electron chi connectivity index (χ0n) is 9.70. The molecule has 0 spiro atoms. The quantitative estimate of drug-likeness (QED) is 0.714. The van der Waals surface area contributed by atoms with Gasteiger partial charge in [-0.1, -0.05) is 6.42 Å². The molecule has 2 atom stereocenters. The van der Waals surface area contributed by atoms with Gasteiger partial charge in [0.05, 0.1) is 0 Å². The Hall–Kier alpha value is -0.610. The van der Waals surface area contributed by atoms with E-state index in [0.29, 0.717) is 6.04 Å². The van der Waals surface area contributed by atoms with Crippen molar-refractivity contribution in [3.8, 4) is 0 Å². The molecule has 0 saturated carbocycles. The molecule has 4 nitrogen and oxygen atoms in total. The van der Waals surface area contributed by atoms with Crippen LogP contribution < -0.4 is 5.32 Å². The van der Waals surface area contributed by atoms with Gasteiger partial charge in [-0.2, -0.15) is 0 Å². The average molecular weight is 214 g/mol. The molecule has 88 valence electrons.